The van der Waals surface area contributed by atoms with E-state index in [0.717, 1.165) is 5.75 Å². The number of nitrogens with two attached hydrogens (primary N) is 1. The molecule has 0 aliphatic rings. The Morgan fingerprint density at radius 1 is 1.37 bits per heavy atom. The average Bonchev–Trinajstić information content (AvgIpc) is 2.93. The van der Waals surface area contributed by atoms with Gasteiger partial charge in [-0.2, -0.15) is 0 Å². The second-order valence-corrected chi connectivity index (χ2v) is 4.67. The van der Waals surface area contributed by atoms with Gasteiger partial charge in [0.2, 0.25) is 0 Å². The standard InChI is InChI=1S/C12H13N3O3S/c1-17-8-2-4-9(5-3-8)18-7-11-14-6-10(19-11)12(16)15-13/h2-6H,7,13H2,1H3,(H,15,16). The predicted molar refractivity (Wildman–Crippen MR) is 71.1 cm³/mol. The van der Waals surface area contributed by atoms with Crippen LogP contribution in [0.4, 0.5) is 0 Å². The van der Waals surface area contributed by atoms with E-state index < -0.39 is 0 Å². The molecular formula is C12H13N3O3S. The van der Waals surface area contributed by atoms with E-state index in [-0.39, 0.29) is 5.91 Å². The number of carbonyl (C=O) groups is 1. The van der Waals surface area contributed by atoms with Crippen LogP contribution in [0, 0.1) is 0 Å². The maximum atomic E-state index is 11.3. The lowest BCUT2D eigenvalue weighted by Gasteiger charge is -2.04. The lowest BCUT2D eigenvalue weighted by atomic mass is 10.3. The van der Waals surface area contributed by atoms with Gasteiger partial charge in [0.25, 0.3) is 5.91 Å². The Labute approximate surface area is 114 Å². The van der Waals surface area contributed by atoms with Crippen molar-refractivity contribution in [3.05, 3.63) is 40.3 Å². The van der Waals surface area contributed by atoms with Crippen molar-refractivity contribution in [1.29, 1.82) is 0 Å². The maximum Gasteiger partial charge on any atom is 0.276 e. The fourth-order valence-corrected chi connectivity index (χ4v) is 2.10. The first-order chi connectivity index (χ1) is 9.22. The number of aromatic nitrogens is 1. The molecular weight excluding hydrogens is 266 g/mol. The van der Waals surface area contributed by atoms with Gasteiger partial charge in [0, 0.05) is 0 Å². The van der Waals surface area contributed by atoms with Gasteiger partial charge in [-0.1, -0.05) is 0 Å². The minimum Gasteiger partial charge on any atom is -0.497 e. The summed E-state index contributed by atoms with van der Waals surface area (Å²) in [5.74, 6) is 6.16. The van der Waals surface area contributed by atoms with E-state index in [1.807, 2.05) is 12.1 Å². The molecule has 100 valence electrons. The van der Waals surface area contributed by atoms with Crippen molar-refractivity contribution in [2.24, 2.45) is 5.84 Å². The summed E-state index contributed by atoms with van der Waals surface area (Å²) in [6.07, 6.45) is 1.47. The topological polar surface area (TPSA) is 86.5 Å². The van der Waals surface area contributed by atoms with Gasteiger partial charge in [-0.05, 0) is 24.3 Å². The smallest absolute Gasteiger partial charge is 0.276 e. The van der Waals surface area contributed by atoms with Crippen LogP contribution in [0.2, 0.25) is 0 Å². The molecule has 1 aromatic heterocycles. The second-order valence-electron chi connectivity index (χ2n) is 3.56. The molecule has 0 bridgehead atoms. The van der Waals surface area contributed by atoms with E-state index in [2.05, 4.69) is 10.4 Å². The van der Waals surface area contributed by atoms with Crippen molar-refractivity contribution in [3.63, 3.8) is 0 Å². The largest absolute Gasteiger partial charge is 0.497 e. The van der Waals surface area contributed by atoms with Gasteiger partial charge in [0.15, 0.2) is 0 Å². The van der Waals surface area contributed by atoms with E-state index in [4.69, 9.17) is 15.3 Å². The molecule has 0 unspecified atom stereocenters. The second kappa shape index (κ2) is 6.17. The monoisotopic (exact) mass is 279 g/mol. The lowest BCUT2D eigenvalue weighted by molar-refractivity contribution is 0.0957. The highest BCUT2D eigenvalue weighted by Crippen LogP contribution is 2.19. The Morgan fingerprint density at radius 3 is 2.68 bits per heavy atom. The van der Waals surface area contributed by atoms with Crippen LogP contribution in [0.5, 0.6) is 11.5 Å². The number of hydrogen-bond acceptors (Lipinski definition) is 6. The van der Waals surface area contributed by atoms with Gasteiger partial charge in [-0.25, -0.2) is 10.8 Å². The number of rotatable bonds is 5. The van der Waals surface area contributed by atoms with Crippen molar-refractivity contribution < 1.29 is 14.3 Å². The molecule has 0 saturated heterocycles. The van der Waals surface area contributed by atoms with Crippen molar-refractivity contribution >= 4 is 17.2 Å². The molecule has 1 aromatic carbocycles. The number of hydrazine groups is 1. The van der Waals surface area contributed by atoms with Crippen molar-refractivity contribution in [2.75, 3.05) is 7.11 Å². The molecule has 0 aliphatic heterocycles. The molecule has 2 aromatic rings. The first kappa shape index (κ1) is 13.3. The van der Waals surface area contributed by atoms with Crippen LogP contribution in [0.25, 0.3) is 0 Å². The molecule has 1 amide bonds. The minimum atomic E-state index is -0.354. The van der Waals surface area contributed by atoms with E-state index >= 15 is 0 Å². The molecule has 6 nitrogen and oxygen atoms in total. The van der Waals surface area contributed by atoms with Gasteiger partial charge < -0.3 is 9.47 Å². The zero-order valence-corrected chi connectivity index (χ0v) is 11.1. The highest BCUT2D eigenvalue weighted by molar-refractivity contribution is 7.13. The SMILES string of the molecule is COc1ccc(OCc2ncc(C(=O)NN)s2)cc1. The molecule has 1 heterocycles. The summed E-state index contributed by atoms with van der Waals surface area (Å²) in [6, 6.07) is 7.23. The molecule has 0 saturated carbocycles. The van der Waals surface area contributed by atoms with Gasteiger partial charge in [0.05, 0.1) is 13.3 Å². The maximum absolute atomic E-state index is 11.3. The number of benzene rings is 1. The van der Waals surface area contributed by atoms with Gasteiger partial charge >= 0.3 is 0 Å². The number of nitrogen functional groups attached to an aromatic ring is 1. The third kappa shape index (κ3) is 3.43. The van der Waals surface area contributed by atoms with Crippen LogP contribution < -0.4 is 20.7 Å². The van der Waals surface area contributed by atoms with Crippen LogP contribution in [-0.2, 0) is 6.61 Å². The first-order valence-corrected chi connectivity index (χ1v) is 6.27. The number of nitrogens with one attached hydrogen (secondary N) is 1. The van der Waals surface area contributed by atoms with E-state index in [1.54, 1.807) is 19.2 Å². The van der Waals surface area contributed by atoms with Crippen LogP contribution in [-0.4, -0.2) is 18.0 Å². The highest BCUT2D eigenvalue weighted by atomic mass is 32.1. The summed E-state index contributed by atoms with van der Waals surface area (Å²) in [6.45, 7) is 0.300. The molecule has 0 aliphatic carbocycles. The van der Waals surface area contributed by atoms with E-state index in [9.17, 15) is 4.79 Å². The van der Waals surface area contributed by atoms with Crippen LogP contribution in [0.1, 0.15) is 14.7 Å². The summed E-state index contributed by atoms with van der Waals surface area (Å²) >= 11 is 1.24. The summed E-state index contributed by atoms with van der Waals surface area (Å²) in [5.41, 5.74) is 2.06. The zero-order valence-electron chi connectivity index (χ0n) is 10.3. The quantitative estimate of drug-likeness (QED) is 0.490. The molecule has 0 spiro atoms. The first-order valence-electron chi connectivity index (χ1n) is 5.45. The molecule has 0 atom stereocenters. The summed E-state index contributed by atoms with van der Waals surface area (Å²) in [4.78, 5) is 15.8. The predicted octanol–water partition coefficient (Wildman–Crippen LogP) is 1.33. The van der Waals surface area contributed by atoms with Crippen molar-refractivity contribution in [1.82, 2.24) is 10.4 Å². The fourth-order valence-electron chi connectivity index (χ4n) is 1.37. The Kier molecular flexibility index (Phi) is 4.32. The molecule has 19 heavy (non-hydrogen) atoms. The van der Waals surface area contributed by atoms with Crippen LogP contribution in [0.3, 0.4) is 0 Å². The number of hydrogen-bond donors (Lipinski definition) is 2. The Morgan fingerprint density at radius 2 is 2.05 bits per heavy atom. The Bertz CT molecular complexity index is 554. The highest BCUT2D eigenvalue weighted by Gasteiger charge is 2.09. The Balaban J connectivity index is 1.94. The summed E-state index contributed by atoms with van der Waals surface area (Å²) in [5, 5.41) is 0.703. The number of carbonyl (C=O) groups excluding carboxylic acids is 1. The fraction of sp³-hybridized carbons (Fsp3) is 0.167. The molecule has 0 fully saturated rings. The van der Waals surface area contributed by atoms with E-state index in [0.29, 0.717) is 22.2 Å². The third-order valence-corrected chi connectivity index (χ3v) is 3.30. The minimum absolute atomic E-state index is 0.300. The number of amides is 1. The summed E-state index contributed by atoms with van der Waals surface area (Å²) < 4.78 is 10.6. The molecule has 2 rings (SSSR count). The molecule has 3 N–H and O–H groups in total. The number of thiazole rings is 1. The molecule has 0 radical (unpaired) electrons. The molecule has 7 heteroatoms. The summed E-state index contributed by atoms with van der Waals surface area (Å²) in [7, 11) is 1.61. The zero-order chi connectivity index (χ0) is 13.7. The van der Waals surface area contributed by atoms with Crippen LogP contribution in [0.15, 0.2) is 30.5 Å². The lowest BCUT2D eigenvalue weighted by Crippen LogP contribution is -2.29. The third-order valence-electron chi connectivity index (χ3n) is 2.33. The number of ether oxygens (including phenoxy) is 2. The van der Waals surface area contributed by atoms with Crippen LogP contribution >= 0.6 is 11.3 Å². The van der Waals surface area contributed by atoms with Gasteiger partial charge in [-0.3, -0.25) is 10.2 Å². The van der Waals surface area contributed by atoms with Crippen molar-refractivity contribution in [2.45, 2.75) is 6.61 Å². The Hall–Kier alpha value is -2.12. The normalized spacial score (nSPS) is 10.0. The van der Waals surface area contributed by atoms with Gasteiger partial charge in [-0.15, -0.1) is 11.3 Å². The number of methoxy groups -OCH3 is 1. The number of nitrogens with zero attached hydrogens (tertiary/aromatic N) is 1. The average molecular weight is 279 g/mol. The van der Waals surface area contributed by atoms with Gasteiger partial charge in [0.1, 0.15) is 28.0 Å². The van der Waals surface area contributed by atoms with Crippen molar-refractivity contribution in [3.8, 4) is 11.5 Å². The van der Waals surface area contributed by atoms with E-state index in [1.165, 1.54) is 17.5 Å².